The van der Waals surface area contributed by atoms with E-state index in [2.05, 4.69) is 10.1 Å². The summed E-state index contributed by atoms with van der Waals surface area (Å²) in [6, 6.07) is 7.25. The number of halogens is 1. The van der Waals surface area contributed by atoms with Crippen LogP contribution in [0.4, 0.5) is 0 Å². The Morgan fingerprint density at radius 2 is 2.04 bits per heavy atom. The second-order valence-electron chi connectivity index (χ2n) is 6.96. The van der Waals surface area contributed by atoms with Crippen molar-refractivity contribution < 1.29 is 14.1 Å². The van der Waals surface area contributed by atoms with E-state index < -0.39 is 5.66 Å². The van der Waals surface area contributed by atoms with Crippen LogP contribution in [-0.2, 0) is 12.2 Å². The van der Waals surface area contributed by atoms with Gasteiger partial charge in [0.25, 0.3) is 11.8 Å². The third-order valence-electron chi connectivity index (χ3n) is 5.54. The van der Waals surface area contributed by atoms with Gasteiger partial charge in [0.15, 0.2) is 5.66 Å². The van der Waals surface area contributed by atoms with Gasteiger partial charge in [0, 0.05) is 23.7 Å². The highest BCUT2D eigenvalue weighted by atomic mass is 35.5. The van der Waals surface area contributed by atoms with Gasteiger partial charge in [0.1, 0.15) is 17.5 Å². The standard InChI is InChI=1S/C19H16ClN5O3/c1-12-15(9-28-22-12)17(26)24-6-7-25-18(27)16-8-21-11-23(16)10-19(24,25)13-2-4-14(20)5-3-13/h2-5,8-9,11H,6-7,10H2,1H3. The molecule has 1 atom stereocenters. The number of amides is 2. The molecule has 1 unspecified atom stereocenters. The fraction of sp³-hybridized carbons (Fsp3) is 0.263. The van der Waals surface area contributed by atoms with E-state index in [-0.39, 0.29) is 11.8 Å². The predicted molar refractivity (Wildman–Crippen MR) is 98.7 cm³/mol. The van der Waals surface area contributed by atoms with Gasteiger partial charge in [-0.3, -0.25) is 9.59 Å². The lowest BCUT2D eigenvalue weighted by Crippen LogP contribution is -2.60. The maximum Gasteiger partial charge on any atom is 0.274 e. The summed E-state index contributed by atoms with van der Waals surface area (Å²) in [6.07, 6.45) is 4.53. The van der Waals surface area contributed by atoms with Crippen LogP contribution in [0.25, 0.3) is 0 Å². The van der Waals surface area contributed by atoms with E-state index in [1.165, 1.54) is 6.26 Å². The molecule has 2 amide bonds. The molecule has 28 heavy (non-hydrogen) atoms. The molecule has 1 saturated heterocycles. The first kappa shape index (κ1) is 17.0. The first-order chi connectivity index (χ1) is 13.5. The summed E-state index contributed by atoms with van der Waals surface area (Å²) in [5, 5.41) is 4.41. The Morgan fingerprint density at radius 3 is 2.75 bits per heavy atom. The van der Waals surface area contributed by atoms with Gasteiger partial charge in [-0.25, -0.2) is 4.98 Å². The molecule has 142 valence electrons. The van der Waals surface area contributed by atoms with Gasteiger partial charge in [-0.2, -0.15) is 0 Å². The molecule has 0 spiro atoms. The molecular formula is C19H16ClN5O3. The monoisotopic (exact) mass is 397 g/mol. The number of benzene rings is 1. The van der Waals surface area contributed by atoms with Crippen LogP contribution >= 0.6 is 11.6 Å². The van der Waals surface area contributed by atoms with E-state index in [9.17, 15) is 9.59 Å². The highest BCUT2D eigenvalue weighted by Crippen LogP contribution is 2.43. The van der Waals surface area contributed by atoms with Gasteiger partial charge >= 0.3 is 0 Å². The number of aryl methyl sites for hydroxylation is 1. The zero-order chi connectivity index (χ0) is 19.5. The SMILES string of the molecule is Cc1nocc1C(=O)N1CCN2C(=O)c3cncn3CC12c1ccc(Cl)cc1. The fourth-order valence-electron chi connectivity index (χ4n) is 4.19. The molecule has 9 heteroatoms. The molecule has 2 aromatic heterocycles. The van der Waals surface area contributed by atoms with Gasteiger partial charge in [-0.1, -0.05) is 28.9 Å². The van der Waals surface area contributed by atoms with E-state index in [1.807, 2.05) is 12.1 Å². The van der Waals surface area contributed by atoms with Crippen molar-refractivity contribution in [1.82, 2.24) is 24.5 Å². The molecule has 4 heterocycles. The van der Waals surface area contributed by atoms with Crippen LogP contribution in [0, 0.1) is 6.92 Å². The molecule has 1 aromatic carbocycles. The minimum Gasteiger partial charge on any atom is -0.364 e. The number of aromatic nitrogens is 3. The molecule has 3 aromatic rings. The minimum absolute atomic E-state index is 0.156. The molecule has 0 saturated carbocycles. The lowest BCUT2D eigenvalue weighted by Gasteiger charge is -2.46. The fourth-order valence-corrected chi connectivity index (χ4v) is 4.31. The molecule has 0 bridgehead atoms. The molecule has 2 aliphatic heterocycles. The van der Waals surface area contributed by atoms with Crippen molar-refractivity contribution in [3.05, 3.63) is 70.6 Å². The molecule has 0 aliphatic carbocycles. The van der Waals surface area contributed by atoms with Crippen LogP contribution in [0.5, 0.6) is 0 Å². The number of rotatable bonds is 2. The van der Waals surface area contributed by atoms with Crippen molar-refractivity contribution in [2.24, 2.45) is 0 Å². The van der Waals surface area contributed by atoms with Crippen molar-refractivity contribution in [2.75, 3.05) is 13.1 Å². The zero-order valence-corrected chi connectivity index (χ0v) is 15.8. The van der Waals surface area contributed by atoms with Crippen LogP contribution in [0.3, 0.4) is 0 Å². The zero-order valence-electron chi connectivity index (χ0n) is 15.0. The molecule has 1 fully saturated rings. The lowest BCUT2D eigenvalue weighted by molar-refractivity contribution is -0.00600. The third-order valence-corrected chi connectivity index (χ3v) is 5.79. The molecule has 2 aliphatic rings. The quantitative estimate of drug-likeness (QED) is 0.662. The van der Waals surface area contributed by atoms with E-state index in [4.69, 9.17) is 16.1 Å². The summed E-state index contributed by atoms with van der Waals surface area (Å²) < 4.78 is 6.76. The van der Waals surface area contributed by atoms with Gasteiger partial charge in [-0.05, 0) is 19.1 Å². The highest BCUT2D eigenvalue weighted by molar-refractivity contribution is 6.30. The minimum atomic E-state index is -0.976. The van der Waals surface area contributed by atoms with E-state index >= 15 is 0 Å². The Hall–Kier alpha value is -3.13. The Balaban J connectivity index is 1.70. The van der Waals surface area contributed by atoms with Gasteiger partial charge < -0.3 is 18.9 Å². The van der Waals surface area contributed by atoms with Crippen LogP contribution in [0.15, 0.2) is 47.6 Å². The average molecular weight is 398 g/mol. The number of carbonyl (C=O) groups is 2. The molecule has 5 rings (SSSR count). The Kier molecular flexibility index (Phi) is 3.60. The summed E-state index contributed by atoms with van der Waals surface area (Å²) in [5.74, 6) is -0.386. The van der Waals surface area contributed by atoms with Crippen molar-refractivity contribution in [1.29, 1.82) is 0 Å². The molecule has 8 nitrogen and oxygen atoms in total. The number of hydrogen-bond donors (Lipinski definition) is 0. The maximum absolute atomic E-state index is 13.4. The molecule has 0 N–H and O–H groups in total. The van der Waals surface area contributed by atoms with Crippen LogP contribution in [0.1, 0.15) is 32.1 Å². The van der Waals surface area contributed by atoms with Gasteiger partial charge in [0.05, 0.1) is 24.8 Å². The molecular weight excluding hydrogens is 382 g/mol. The summed E-state index contributed by atoms with van der Waals surface area (Å²) in [7, 11) is 0. The van der Waals surface area contributed by atoms with Crippen LogP contribution in [0.2, 0.25) is 5.02 Å². The van der Waals surface area contributed by atoms with E-state index in [1.54, 1.807) is 45.9 Å². The second-order valence-corrected chi connectivity index (χ2v) is 7.39. The average Bonchev–Trinajstić information content (AvgIpc) is 3.40. The van der Waals surface area contributed by atoms with Crippen molar-refractivity contribution in [3.8, 4) is 0 Å². The summed E-state index contributed by atoms with van der Waals surface area (Å²) in [4.78, 5) is 34.2. The van der Waals surface area contributed by atoms with Crippen LogP contribution in [-0.4, -0.2) is 49.4 Å². The smallest absolute Gasteiger partial charge is 0.274 e. The number of carbonyl (C=O) groups excluding carboxylic acids is 2. The van der Waals surface area contributed by atoms with Crippen molar-refractivity contribution >= 4 is 23.4 Å². The van der Waals surface area contributed by atoms with E-state index in [0.717, 1.165) is 5.56 Å². The summed E-state index contributed by atoms with van der Waals surface area (Å²) in [5.41, 5.74) is 1.25. The maximum atomic E-state index is 13.4. The van der Waals surface area contributed by atoms with Crippen LogP contribution < -0.4 is 0 Å². The van der Waals surface area contributed by atoms with Gasteiger partial charge in [-0.15, -0.1) is 0 Å². The largest absolute Gasteiger partial charge is 0.364 e. The predicted octanol–water partition coefficient (Wildman–Crippen LogP) is 2.30. The van der Waals surface area contributed by atoms with Crippen molar-refractivity contribution in [2.45, 2.75) is 19.1 Å². The van der Waals surface area contributed by atoms with Crippen molar-refractivity contribution in [3.63, 3.8) is 0 Å². The summed E-state index contributed by atoms with van der Waals surface area (Å²) >= 11 is 6.09. The number of hydrogen-bond acceptors (Lipinski definition) is 5. The third kappa shape index (κ3) is 2.18. The summed E-state index contributed by atoms with van der Waals surface area (Å²) in [6.45, 7) is 2.92. The highest BCUT2D eigenvalue weighted by Gasteiger charge is 2.56. The lowest BCUT2D eigenvalue weighted by atomic mass is 9.93. The first-order valence-corrected chi connectivity index (χ1v) is 9.21. The topological polar surface area (TPSA) is 84.5 Å². The van der Waals surface area contributed by atoms with E-state index in [0.29, 0.717) is 41.6 Å². The normalized spacial score (nSPS) is 21.0. The Morgan fingerprint density at radius 1 is 1.25 bits per heavy atom. The second kappa shape index (κ2) is 5.93. The Labute approximate surface area is 165 Å². The molecule has 0 radical (unpaired) electrons. The Bertz CT molecular complexity index is 1090. The number of imidazole rings is 1. The number of fused-ring (bicyclic) bond motifs is 2. The first-order valence-electron chi connectivity index (χ1n) is 8.83. The van der Waals surface area contributed by atoms with Gasteiger partial charge in [0.2, 0.25) is 0 Å². The number of nitrogens with zero attached hydrogens (tertiary/aromatic N) is 5.